The number of hydrogen-bond acceptors (Lipinski definition) is 3. The number of rotatable bonds is 8. The summed E-state index contributed by atoms with van der Waals surface area (Å²) in [6, 6.07) is 12.6. The lowest BCUT2D eigenvalue weighted by atomic mass is 10.2. The van der Waals surface area contributed by atoms with Crippen molar-refractivity contribution in [2.75, 3.05) is 23.9 Å². The van der Waals surface area contributed by atoms with Gasteiger partial charge in [-0.05, 0) is 56.3 Å². The van der Waals surface area contributed by atoms with Crippen molar-refractivity contribution >= 4 is 33.2 Å². The van der Waals surface area contributed by atoms with E-state index in [9.17, 15) is 13.2 Å². The lowest BCUT2D eigenvalue weighted by Crippen LogP contribution is -2.32. The molecule has 0 saturated heterocycles. The van der Waals surface area contributed by atoms with Gasteiger partial charge in [0.1, 0.15) is 0 Å². The molecule has 0 radical (unpaired) electrons. The van der Waals surface area contributed by atoms with Gasteiger partial charge in [0.2, 0.25) is 0 Å². The molecule has 0 bridgehead atoms. The SMILES string of the molecule is C=CCN(c1ccc(Cl)cc1)S(=O)(=O)c1cccc(C(=O)N(CC)CC)c1. The molecule has 144 valence electrons. The number of nitrogens with zero attached hydrogens (tertiary/aromatic N) is 2. The fourth-order valence-corrected chi connectivity index (χ4v) is 4.28. The van der Waals surface area contributed by atoms with Gasteiger partial charge in [-0.1, -0.05) is 23.7 Å². The van der Waals surface area contributed by atoms with E-state index in [1.54, 1.807) is 41.3 Å². The van der Waals surface area contributed by atoms with Gasteiger partial charge in [-0.15, -0.1) is 6.58 Å². The maximum atomic E-state index is 13.2. The average Bonchev–Trinajstić information content (AvgIpc) is 2.68. The van der Waals surface area contributed by atoms with Crippen LogP contribution in [0.25, 0.3) is 0 Å². The van der Waals surface area contributed by atoms with Crippen LogP contribution in [0.5, 0.6) is 0 Å². The average molecular weight is 407 g/mol. The summed E-state index contributed by atoms with van der Waals surface area (Å²) in [5, 5.41) is 0.515. The second kappa shape index (κ2) is 9.06. The van der Waals surface area contributed by atoms with Gasteiger partial charge in [0.15, 0.2) is 0 Å². The van der Waals surface area contributed by atoms with Gasteiger partial charge in [-0.3, -0.25) is 9.10 Å². The van der Waals surface area contributed by atoms with E-state index in [4.69, 9.17) is 11.6 Å². The molecule has 0 aliphatic heterocycles. The molecule has 0 aromatic heterocycles. The van der Waals surface area contributed by atoms with E-state index in [1.165, 1.54) is 22.5 Å². The van der Waals surface area contributed by atoms with E-state index in [0.29, 0.717) is 29.4 Å². The van der Waals surface area contributed by atoms with Crippen LogP contribution in [-0.4, -0.2) is 38.9 Å². The van der Waals surface area contributed by atoms with Crippen LogP contribution in [0.4, 0.5) is 5.69 Å². The van der Waals surface area contributed by atoms with Crippen molar-refractivity contribution in [3.05, 3.63) is 71.8 Å². The first-order chi connectivity index (χ1) is 12.8. The summed E-state index contributed by atoms with van der Waals surface area (Å²) in [7, 11) is -3.88. The fourth-order valence-electron chi connectivity index (χ4n) is 2.68. The van der Waals surface area contributed by atoms with Crippen LogP contribution in [-0.2, 0) is 10.0 Å². The van der Waals surface area contributed by atoms with Crippen LogP contribution in [0, 0.1) is 0 Å². The van der Waals surface area contributed by atoms with Crippen molar-refractivity contribution in [1.82, 2.24) is 4.90 Å². The molecule has 0 heterocycles. The van der Waals surface area contributed by atoms with Crippen LogP contribution < -0.4 is 4.31 Å². The second-order valence-electron chi connectivity index (χ2n) is 5.81. The second-order valence-corrected chi connectivity index (χ2v) is 8.11. The number of carbonyl (C=O) groups excluding carboxylic acids is 1. The number of carbonyl (C=O) groups is 1. The molecule has 0 spiro atoms. The molecule has 5 nitrogen and oxygen atoms in total. The third-order valence-corrected chi connectivity index (χ3v) is 6.17. The highest BCUT2D eigenvalue weighted by Gasteiger charge is 2.25. The van der Waals surface area contributed by atoms with Gasteiger partial charge >= 0.3 is 0 Å². The molecule has 0 saturated carbocycles. The van der Waals surface area contributed by atoms with Gasteiger partial charge in [-0.2, -0.15) is 0 Å². The van der Waals surface area contributed by atoms with E-state index in [2.05, 4.69) is 6.58 Å². The minimum atomic E-state index is -3.88. The summed E-state index contributed by atoms with van der Waals surface area (Å²) >= 11 is 5.91. The van der Waals surface area contributed by atoms with Crippen molar-refractivity contribution in [3.63, 3.8) is 0 Å². The topological polar surface area (TPSA) is 57.7 Å². The van der Waals surface area contributed by atoms with Gasteiger partial charge in [0, 0.05) is 23.7 Å². The Labute approximate surface area is 165 Å². The molecule has 2 aromatic rings. The molecule has 1 amide bonds. The van der Waals surface area contributed by atoms with E-state index in [-0.39, 0.29) is 17.3 Å². The highest BCUT2D eigenvalue weighted by atomic mass is 35.5. The van der Waals surface area contributed by atoms with Crippen LogP contribution in [0.15, 0.2) is 66.1 Å². The predicted molar refractivity (Wildman–Crippen MR) is 110 cm³/mol. The minimum Gasteiger partial charge on any atom is -0.339 e. The summed E-state index contributed by atoms with van der Waals surface area (Å²) in [5.74, 6) is -0.196. The molecule has 0 atom stereocenters. The fraction of sp³-hybridized carbons (Fsp3) is 0.250. The summed E-state index contributed by atoms with van der Waals surface area (Å²) < 4.78 is 27.7. The highest BCUT2D eigenvalue weighted by molar-refractivity contribution is 7.92. The quantitative estimate of drug-likeness (QED) is 0.617. The lowest BCUT2D eigenvalue weighted by Gasteiger charge is -2.24. The smallest absolute Gasteiger partial charge is 0.264 e. The van der Waals surface area contributed by atoms with Crippen LogP contribution >= 0.6 is 11.6 Å². The Hall–Kier alpha value is -2.31. The number of hydrogen-bond donors (Lipinski definition) is 0. The molecule has 0 aliphatic rings. The van der Waals surface area contributed by atoms with Crippen molar-refractivity contribution in [2.24, 2.45) is 0 Å². The zero-order valence-electron chi connectivity index (χ0n) is 15.4. The number of benzene rings is 2. The normalized spacial score (nSPS) is 11.1. The highest BCUT2D eigenvalue weighted by Crippen LogP contribution is 2.26. The van der Waals surface area contributed by atoms with Crippen molar-refractivity contribution in [3.8, 4) is 0 Å². The third kappa shape index (κ3) is 4.70. The largest absolute Gasteiger partial charge is 0.339 e. The molecule has 0 aliphatic carbocycles. The number of sulfonamides is 1. The Morgan fingerprint density at radius 1 is 1.11 bits per heavy atom. The van der Waals surface area contributed by atoms with E-state index in [1.807, 2.05) is 13.8 Å². The van der Waals surface area contributed by atoms with Crippen LogP contribution in [0.2, 0.25) is 5.02 Å². The first-order valence-corrected chi connectivity index (χ1v) is 10.5. The zero-order valence-corrected chi connectivity index (χ0v) is 17.0. The molecule has 27 heavy (non-hydrogen) atoms. The Morgan fingerprint density at radius 2 is 1.74 bits per heavy atom. The molecular formula is C20H23ClN2O3S. The van der Waals surface area contributed by atoms with Gasteiger partial charge in [0.05, 0.1) is 17.1 Å². The van der Waals surface area contributed by atoms with Gasteiger partial charge in [0.25, 0.3) is 15.9 Å². The molecule has 0 N–H and O–H groups in total. The number of halogens is 1. The van der Waals surface area contributed by atoms with Crippen molar-refractivity contribution in [1.29, 1.82) is 0 Å². The lowest BCUT2D eigenvalue weighted by molar-refractivity contribution is 0.0772. The molecule has 0 unspecified atom stereocenters. The number of anilines is 1. The molecular weight excluding hydrogens is 384 g/mol. The Morgan fingerprint density at radius 3 is 2.30 bits per heavy atom. The summed E-state index contributed by atoms with van der Waals surface area (Å²) in [6.07, 6.45) is 1.51. The zero-order chi connectivity index (χ0) is 20.0. The Kier molecular flexibility index (Phi) is 7.05. The van der Waals surface area contributed by atoms with Gasteiger partial charge in [-0.25, -0.2) is 8.42 Å². The molecule has 7 heteroatoms. The Balaban J connectivity index is 2.47. The van der Waals surface area contributed by atoms with Crippen molar-refractivity contribution < 1.29 is 13.2 Å². The molecule has 2 rings (SSSR count). The monoisotopic (exact) mass is 406 g/mol. The predicted octanol–water partition coefficient (Wildman–Crippen LogP) is 4.20. The summed E-state index contributed by atoms with van der Waals surface area (Å²) in [6.45, 7) is 8.62. The van der Waals surface area contributed by atoms with Crippen LogP contribution in [0.3, 0.4) is 0 Å². The maximum absolute atomic E-state index is 13.2. The van der Waals surface area contributed by atoms with Crippen molar-refractivity contribution in [2.45, 2.75) is 18.7 Å². The Bertz CT molecular complexity index is 907. The maximum Gasteiger partial charge on any atom is 0.264 e. The summed E-state index contributed by atoms with van der Waals surface area (Å²) in [5.41, 5.74) is 0.814. The van der Waals surface area contributed by atoms with Gasteiger partial charge < -0.3 is 4.90 Å². The first kappa shape index (κ1) is 21.0. The first-order valence-electron chi connectivity index (χ1n) is 8.63. The van der Waals surface area contributed by atoms with E-state index < -0.39 is 10.0 Å². The standard InChI is InChI=1S/C20H23ClN2O3S/c1-4-14-23(18-12-10-17(21)11-13-18)27(25,26)19-9-7-8-16(15-19)20(24)22(5-2)6-3/h4,7-13,15H,1,5-6,14H2,2-3H3. The molecule has 2 aromatic carbocycles. The minimum absolute atomic E-state index is 0.0531. The van der Waals surface area contributed by atoms with Crippen LogP contribution in [0.1, 0.15) is 24.2 Å². The van der Waals surface area contributed by atoms with E-state index >= 15 is 0 Å². The van der Waals surface area contributed by atoms with E-state index in [0.717, 1.165) is 0 Å². The third-order valence-electron chi connectivity index (χ3n) is 4.13. The number of amides is 1. The molecule has 0 fully saturated rings. The summed E-state index contributed by atoms with van der Waals surface area (Å²) in [4.78, 5) is 14.3.